The van der Waals surface area contributed by atoms with Crippen LogP contribution in [0.3, 0.4) is 0 Å². The fourth-order valence-electron chi connectivity index (χ4n) is 0.978. The van der Waals surface area contributed by atoms with Crippen LogP contribution in [0.2, 0.25) is 0 Å². The zero-order chi connectivity index (χ0) is 10.4. The van der Waals surface area contributed by atoms with Crippen LogP contribution in [0.5, 0.6) is 0 Å². The van der Waals surface area contributed by atoms with Crippen molar-refractivity contribution in [1.82, 2.24) is 10.6 Å². The Balaban J connectivity index is 1.91. The molecular formula is C8H14F2N2O2. The van der Waals surface area contributed by atoms with Gasteiger partial charge in [-0.15, -0.1) is 0 Å². The Kier molecular flexibility index (Phi) is 4.75. The molecule has 14 heavy (non-hydrogen) atoms. The van der Waals surface area contributed by atoms with Crippen molar-refractivity contribution in [3.63, 3.8) is 0 Å². The Morgan fingerprint density at radius 1 is 1.57 bits per heavy atom. The summed E-state index contributed by atoms with van der Waals surface area (Å²) in [5.74, 6) is -0.391. The van der Waals surface area contributed by atoms with E-state index in [1.807, 2.05) is 0 Å². The summed E-state index contributed by atoms with van der Waals surface area (Å²) in [5, 5.41) is 5.12. The Morgan fingerprint density at radius 2 is 2.29 bits per heavy atom. The normalized spacial score (nSPS) is 16.8. The van der Waals surface area contributed by atoms with Crippen LogP contribution < -0.4 is 10.6 Å². The number of carbonyl (C=O) groups is 1. The van der Waals surface area contributed by atoms with Crippen molar-refractivity contribution in [3.05, 3.63) is 0 Å². The molecule has 1 heterocycles. The van der Waals surface area contributed by atoms with Crippen LogP contribution in [0.4, 0.5) is 8.78 Å². The zero-order valence-electron chi connectivity index (χ0n) is 7.76. The van der Waals surface area contributed by atoms with Crippen LogP contribution in [0.1, 0.15) is 6.42 Å². The van der Waals surface area contributed by atoms with E-state index in [2.05, 4.69) is 10.6 Å². The monoisotopic (exact) mass is 208 g/mol. The lowest BCUT2D eigenvalue weighted by Gasteiger charge is -2.26. The van der Waals surface area contributed by atoms with Gasteiger partial charge in [0.25, 0.3) is 6.43 Å². The number of rotatable bonds is 6. The highest BCUT2D eigenvalue weighted by atomic mass is 19.3. The van der Waals surface area contributed by atoms with Gasteiger partial charge < -0.3 is 15.4 Å². The van der Waals surface area contributed by atoms with Crippen LogP contribution in [0.25, 0.3) is 0 Å². The molecule has 0 aliphatic carbocycles. The summed E-state index contributed by atoms with van der Waals surface area (Å²) >= 11 is 0. The number of amides is 1. The topological polar surface area (TPSA) is 50.4 Å². The standard InChI is InChI=1S/C8H14F2N2O2/c9-7(10)5-12-8(13)1-2-14-6-3-11-4-6/h6-7,11H,1-5H2,(H,12,13). The predicted molar refractivity (Wildman–Crippen MR) is 46.2 cm³/mol. The molecule has 0 saturated carbocycles. The fraction of sp³-hybridized carbons (Fsp3) is 0.875. The molecule has 0 bridgehead atoms. The molecule has 0 atom stereocenters. The number of nitrogens with one attached hydrogen (secondary N) is 2. The Morgan fingerprint density at radius 3 is 2.79 bits per heavy atom. The molecule has 1 saturated heterocycles. The average Bonchev–Trinajstić information content (AvgIpc) is 2.06. The lowest BCUT2D eigenvalue weighted by molar-refractivity contribution is -0.123. The van der Waals surface area contributed by atoms with Crippen molar-refractivity contribution in [2.75, 3.05) is 26.2 Å². The van der Waals surface area contributed by atoms with Gasteiger partial charge in [0.15, 0.2) is 0 Å². The van der Waals surface area contributed by atoms with Crippen LogP contribution in [0.15, 0.2) is 0 Å². The summed E-state index contributed by atoms with van der Waals surface area (Å²) in [6, 6.07) is 0. The third-order valence-electron chi connectivity index (χ3n) is 1.88. The number of ether oxygens (including phenoxy) is 1. The second-order valence-corrected chi connectivity index (χ2v) is 3.10. The van der Waals surface area contributed by atoms with Gasteiger partial charge >= 0.3 is 0 Å². The Bertz CT molecular complexity index is 186. The van der Waals surface area contributed by atoms with Crippen LogP contribution in [-0.4, -0.2) is 44.7 Å². The minimum Gasteiger partial charge on any atom is -0.375 e. The first-order valence-corrected chi connectivity index (χ1v) is 4.55. The summed E-state index contributed by atoms with van der Waals surface area (Å²) in [6.45, 7) is 1.32. The van der Waals surface area contributed by atoms with Gasteiger partial charge in [-0.1, -0.05) is 0 Å². The van der Waals surface area contributed by atoms with Crippen LogP contribution >= 0.6 is 0 Å². The summed E-state index contributed by atoms with van der Waals surface area (Å²) in [6.07, 6.45) is -2.17. The molecule has 82 valence electrons. The molecule has 0 aromatic carbocycles. The van der Waals surface area contributed by atoms with E-state index >= 15 is 0 Å². The molecule has 1 rings (SSSR count). The van der Waals surface area contributed by atoms with Crippen LogP contribution in [-0.2, 0) is 9.53 Å². The minimum atomic E-state index is -2.49. The molecule has 4 nitrogen and oxygen atoms in total. The maximum atomic E-state index is 11.7. The highest BCUT2D eigenvalue weighted by Crippen LogP contribution is 1.98. The quantitative estimate of drug-likeness (QED) is 0.632. The first kappa shape index (κ1) is 11.3. The van der Waals surface area contributed by atoms with Crippen molar-refractivity contribution >= 4 is 5.91 Å². The summed E-state index contributed by atoms with van der Waals surface area (Å²) < 4.78 is 28.6. The summed E-state index contributed by atoms with van der Waals surface area (Å²) in [4.78, 5) is 10.9. The van der Waals surface area contributed by atoms with Gasteiger partial charge in [-0.25, -0.2) is 8.78 Å². The molecule has 0 aromatic rings. The summed E-state index contributed by atoms with van der Waals surface area (Å²) in [7, 11) is 0. The van der Waals surface area contributed by atoms with Gasteiger partial charge in [-0.2, -0.15) is 0 Å². The molecule has 6 heteroatoms. The lowest BCUT2D eigenvalue weighted by atomic mass is 10.2. The highest BCUT2D eigenvalue weighted by molar-refractivity contribution is 5.75. The second kappa shape index (κ2) is 5.87. The van der Waals surface area contributed by atoms with Crippen molar-refractivity contribution < 1.29 is 18.3 Å². The molecule has 1 aliphatic rings. The molecule has 0 radical (unpaired) electrons. The molecule has 1 aliphatic heterocycles. The van der Waals surface area contributed by atoms with E-state index in [4.69, 9.17) is 4.74 Å². The van der Waals surface area contributed by atoms with Gasteiger partial charge in [0.1, 0.15) is 0 Å². The third kappa shape index (κ3) is 4.48. The number of hydrogen-bond acceptors (Lipinski definition) is 3. The van der Waals surface area contributed by atoms with Gasteiger partial charge in [0, 0.05) is 19.5 Å². The lowest BCUT2D eigenvalue weighted by Crippen LogP contribution is -2.48. The van der Waals surface area contributed by atoms with Crippen molar-refractivity contribution in [1.29, 1.82) is 0 Å². The second-order valence-electron chi connectivity index (χ2n) is 3.10. The van der Waals surface area contributed by atoms with Gasteiger partial charge in [-0.3, -0.25) is 4.79 Å². The average molecular weight is 208 g/mol. The van der Waals surface area contributed by atoms with Crippen molar-refractivity contribution in [2.45, 2.75) is 19.0 Å². The van der Waals surface area contributed by atoms with E-state index in [1.165, 1.54) is 0 Å². The number of hydrogen-bond donors (Lipinski definition) is 2. The van der Waals surface area contributed by atoms with E-state index in [1.54, 1.807) is 0 Å². The van der Waals surface area contributed by atoms with Crippen molar-refractivity contribution in [2.24, 2.45) is 0 Å². The Labute approximate surface area is 81.0 Å². The smallest absolute Gasteiger partial charge is 0.255 e. The number of carbonyl (C=O) groups excluding carboxylic acids is 1. The molecule has 1 fully saturated rings. The van der Waals surface area contributed by atoms with Gasteiger partial charge in [-0.05, 0) is 0 Å². The zero-order valence-corrected chi connectivity index (χ0v) is 7.76. The van der Waals surface area contributed by atoms with E-state index < -0.39 is 18.9 Å². The fourth-order valence-corrected chi connectivity index (χ4v) is 0.978. The van der Waals surface area contributed by atoms with Crippen LogP contribution in [0, 0.1) is 0 Å². The maximum absolute atomic E-state index is 11.7. The highest BCUT2D eigenvalue weighted by Gasteiger charge is 2.17. The van der Waals surface area contributed by atoms with E-state index in [9.17, 15) is 13.6 Å². The van der Waals surface area contributed by atoms with Crippen molar-refractivity contribution in [3.8, 4) is 0 Å². The summed E-state index contributed by atoms with van der Waals surface area (Å²) in [5.41, 5.74) is 0. The maximum Gasteiger partial charge on any atom is 0.255 e. The van der Waals surface area contributed by atoms with E-state index in [0.717, 1.165) is 13.1 Å². The molecule has 0 unspecified atom stereocenters. The van der Waals surface area contributed by atoms with E-state index in [0.29, 0.717) is 6.61 Å². The molecular weight excluding hydrogens is 194 g/mol. The van der Waals surface area contributed by atoms with E-state index in [-0.39, 0.29) is 12.5 Å². The first-order chi connectivity index (χ1) is 6.68. The Hall–Kier alpha value is -0.750. The van der Waals surface area contributed by atoms with Gasteiger partial charge in [0.2, 0.25) is 5.91 Å². The number of halogens is 2. The van der Waals surface area contributed by atoms with Gasteiger partial charge in [0.05, 0.1) is 19.3 Å². The third-order valence-corrected chi connectivity index (χ3v) is 1.88. The molecule has 1 amide bonds. The molecule has 0 aromatic heterocycles. The SMILES string of the molecule is O=C(CCOC1CNC1)NCC(F)F. The largest absolute Gasteiger partial charge is 0.375 e. The molecule has 2 N–H and O–H groups in total. The first-order valence-electron chi connectivity index (χ1n) is 4.55. The predicted octanol–water partition coefficient (Wildman–Crippen LogP) is -0.254. The molecule has 0 spiro atoms. The number of alkyl halides is 2. The minimum absolute atomic E-state index is 0.142.